The monoisotopic (exact) mass is 343 g/mol. The van der Waals surface area contributed by atoms with Crippen LogP contribution in [-0.2, 0) is 16.0 Å². The molecule has 132 valence electrons. The van der Waals surface area contributed by atoms with Crippen molar-refractivity contribution in [3.63, 3.8) is 0 Å². The number of hydrogen-bond donors (Lipinski definition) is 1. The largest absolute Gasteiger partial charge is 0.481 e. The summed E-state index contributed by atoms with van der Waals surface area (Å²) in [4.78, 5) is 26.2. The van der Waals surface area contributed by atoms with Gasteiger partial charge in [0, 0.05) is 19.0 Å². The van der Waals surface area contributed by atoms with Crippen molar-refractivity contribution in [1.29, 1.82) is 0 Å². The lowest BCUT2D eigenvalue weighted by atomic mass is 10.0. The zero-order valence-electron chi connectivity index (χ0n) is 14.2. The minimum atomic E-state index is -0.860. The minimum absolute atomic E-state index is 0.143. The molecule has 1 aliphatic heterocycles. The minimum Gasteiger partial charge on any atom is -0.481 e. The van der Waals surface area contributed by atoms with Gasteiger partial charge in [-0.1, -0.05) is 30.3 Å². The van der Waals surface area contributed by atoms with E-state index in [1.54, 1.807) is 18.7 Å². The lowest BCUT2D eigenvalue weighted by molar-refractivity contribution is -0.143. The van der Waals surface area contributed by atoms with E-state index in [-0.39, 0.29) is 11.9 Å². The molecule has 1 amide bonds. The summed E-state index contributed by atoms with van der Waals surface area (Å²) in [6, 6.07) is 8.72. The molecule has 0 radical (unpaired) electrons. The number of hydrogen-bond acceptors (Lipinski definition) is 5. The van der Waals surface area contributed by atoms with E-state index in [9.17, 15) is 14.7 Å². The first-order valence-electron chi connectivity index (χ1n) is 8.30. The van der Waals surface area contributed by atoms with Gasteiger partial charge in [-0.2, -0.15) is 0 Å². The second kappa shape index (κ2) is 7.00. The average molecular weight is 343 g/mol. The molecule has 1 aromatic heterocycles. The summed E-state index contributed by atoms with van der Waals surface area (Å²) in [6.45, 7) is 3.97. The van der Waals surface area contributed by atoms with Gasteiger partial charge in [0.25, 0.3) is 0 Å². The zero-order valence-corrected chi connectivity index (χ0v) is 14.2. The van der Waals surface area contributed by atoms with Crippen molar-refractivity contribution in [1.82, 2.24) is 25.1 Å². The number of benzene rings is 1. The molecule has 0 bridgehead atoms. The SMILES string of the molecule is Cc1nnnn1C(Cc1ccccc1)C(=O)N1CCC(C(=O)O)C1C. The summed E-state index contributed by atoms with van der Waals surface area (Å²) < 4.78 is 1.52. The van der Waals surface area contributed by atoms with Gasteiger partial charge in [0.15, 0.2) is 0 Å². The maximum absolute atomic E-state index is 13.2. The summed E-state index contributed by atoms with van der Waals surface area (Å²) in [7, 11) is 0. The zero-order chi connectivity index (χ0) is 18.0. The van der Waals surface area contributed by atoms with Crippen molar-refractivity contribution in [2.24, 2.45) is 5.92 Å². The first kappa shape index (κ1) is 17.1. The van der Waals surface area contributed by atoms with Gasteiger partial charge in [0.05, 0.1) is 5.92 Å². The Morgan fingerprint density at radius 2 is 2.04 bits per heavy atom. The van der Waals surface area contributed by atoms with E-state index in [1.807, 2.05) is 30.3 Å². The average Bonchev–Trinajstić information content (AvgIpc) is 3.19. The third-order valence-electron chi connectivity index (χ3n) is 4.86. The van der Waals surface area contributed by atoms with Gasteiger partial charge in [-0.3, -0.25) is 9.59 Å². The number of carboxylic acids is 1. The maximum atomic E-state index is 13.2. The summed E-state index contributed by atoms with van der Waals surface area (Å²) in [5.41, 5.74) is 0.998. The second-order valence-corrected chi connectivity index (χ2v) is 6.38. The molecule has 2 heterocycles. The normalized spacial score (nSPS) is 21.3. The van der Waals surface area contributed by atoms with Crippen LogP contribution in [0.2, 0.25) is 0 Å². The van der Waals surface area contributed by atoms with E-state index in [2.05, 4.69) is 15.5 Å². The molecular weight excluding hydrogens is 322 g/mol. The topological polar surface area (TPSA) is 101 Å². The van der Waals surface area contributed by atoms with Crippen LogP contribution in [0, 0.1) is 12.8 Å². The van der Waals surface area contributed by atoms with E-state index in [1.165, 1.54) is 4.68 Å². The molecule has 1 aromatic carbocycles. The van der Waals surface area contributed by atoms with E-state index in [0.29, 0.717) is 25.2 Å². The van der Waals surface area contributed by atoms with Crippen LogP contribution in [0.25, 0.3) is 0 Å². The maximum Gasteiger partial charge on any atom is 0.308 e. The third kappa shape index (κ3) is 3.38. The lowest BCUT2D eigenvalue weighted by Crippen LogP contribution is -2.43. The number of aliphatic carboxylic acids is 1. The van der Waals surface area contributed by atoms with Gasteiger partial charge in [-0.25, -0.2) is 4.68 Å². The highest BCUT2D eigenvalue weighted by atomic mass is 16.4. The summed E-state index contributed by atoms with van der Waals surface area (Å²) in [5, 5.41) is 20.8. The third-order valence-corrected chi connectivity index (χ3v) is 4.86. The highest BCUT2D eigenvalue weighted by Crippen LogP contribution is 2.28. The Morgan fingerprint density at radius 1 is 1.32 bits per heavy atom. The Labute approximate surface area is 145 Å². The molecule has 3 atom stereocenters. The number of amides is 1. The van der Waals surface area contributed by atoms with Crippen LogP contribution in [-0.4, -0.2) is 54.7 Å². The van der Waals surface area contributed by atoms with Gasteiger partial charge in [-0.05, 0) is 36.3 Å². The van der Waals surface area contributed by atoms with Gasteiger partial charge in [0.2, 0.25) is 5.91 Å². The molecule has 1 fully saturated rings. The van der Waals surface area contributed by atoms with Crippen LogP contribution in [0.15, 0.2) is 30.3 Å². The van der Waals surface area contributed by atoms with Crippen LogP contribution >= 0.6 is 0 Å². The molecule has 1 aliphatic rings. The number of tetrazole rings is 1. The van der Waals surface area contributed by atoms with Crippen molar-refractivity contribution in [3.8, 4) is 0 Å². The quantitative estimate of drug-likeness (QED) is 0.872. The number of rotatable bonds is 5. The van der Waals surface area contributed by atoms with Crippen LogP contribution in [0.1, 0.15) is 30.8 Å². The highest BCUT2D eigenvalue weighted by molar-refractivity contribution is 5.83. The number of carboxylic acid groups (broad SMARTS) is 1. The molecule has 8 nitrogen and oxygen atoms in total. The molecule has 0 saturated carbocycles. The summed E-state index contributed by atoms with van der Waals surface area (Å²) in [5.74, 6) is -0.983. The number of likely N-dealkylation sites (tertiary alicyclic amines) is 1. The molecular formula is C17H21N5O3. The van der Waals surface area contributed by atoms with E-state index in [0.717, 1.165) is 5.56 Å². The first-order valence-corrected chi connectivity index (χ1v) is 8.30. The lowest BCUT2D eigenvalue weighted by Gasteiger charge is -2.28. The van der Waals surface area contributed by atoms with Crippen molar-refractivity contribution < 1.29 is 14.7 Å². The van der Waals surface area contributed by atoms with Crippen LogP contribution < -0.4 is 0 Å². The van der Waals surface area contributed by atoms with Crippen molar-refractivity contribution in [2.75, 3.05) is 6.54 Å². The number of carbonyl (C=O) groups excluding carboxylic acids is 1. The van der Waals surface area contributed by atoms with Crippen molar-refractivity contribution in [3.05, 3.63) is 41.7 Å². The molecule has 2 aromatic rings. The van der Waals surface area contributed by atoms with Crippen molar-refractivity contribution >= 4 is 11.9 Å². The molecule has 3 rings (SSSR count). The van der Waals surface area contributed by atoms with Gasteiger partial charge < -0.3 is 10.0 Å². The molecule has 0 spiro atoms. The van der Waals surface area contributed by atoms with E-state index < -0.39 is 17.9 Å². The second-order valence-electron chi connectivity index (χ2n) is 6.38. The van der Waals surface area contributed by atoms with Crippen molar-refractivity contribution in [2.45, 2.75) is 38.8 Å². The van der Waals surface area contributed by atoms with Gasteiger partial charge in [0.1, 0.15) is 11.9 Å². The van der Waals surface area contributed by atoms with Gasteiger partial charge >= 0.3 is 5.97 Å². The summed E-state index contributed by atoms with van der Waals surface area (Å²) >= 11 is 0. The Bertz CT molecular complexity index is 761. The first-order chi connectivity index (χ1) is 12.0. The highest BCUT2D eigenvalue weighted by Gasteiger charge is 2.41. The summed E-state index contributed by atoms with van der Waals surface area (Å²) in [6.07, 6.45) is 0.918. The molecule has 0 aliphatic carbocycles. The molecule has 25 heavy (non-hydrogen) atoms. The fraction of sp³-hybridized carbons (Fsp3) is 0.471. The fourth-order valence-corrected chi connectivity index (χ4v) is 3.41. The molecule has 3 unspecified atom stereocenters. The van der Waals surface area contributed by atoms with Gasteiger partial charge in [-0.15, -0.1) is 5.10 Å². The Balaban J connectivity index is 1.88. The fourth-order valence-electron chi connectivity index (χ4n) is 3.41. The number of aryl methyl sites for hydroxylation is 1. The van der Waals surface area contributed by atoms with E-state index >= 15 is 0 Å². The smallest absolute Gasteiger partial charge is 0.308 e. The van der Waals surface area contributed by atoms with Crippen LogP contribution in [0.5, 0.6) is 0 Å². The predicted octanol–water partition coefficient (Wildman–Crippen LogP) is 1.09. The van der Waals surface area contributed by atoms with Crippen LogP contribution in [0.3, 0.4) is 0 Å². The molecule has 1 saturated heterocycles. The number of aromatic nitrogens is 4. The van der Waals surface area contributed by atoms with E-state index in [4.69, 9.17) is 0 Å². The predicted molar refractivity (Wildman–Crippen MR) is 88.7 cm³/mol. The standard InChI is InChI=1S/C17H21N5O3/c1-11-14(17(24)25)8-9-21(11)16(23)15(22-12(2)18-19-20-22)10-13-6-4-3-5-7-13/h3-7,11,14-15H,8-10H2,1-2H3,(H,24,25). The Hall–Kier alpha value is -2.77. The number of carbonyl (C=O) groups is 2. The molecule has 1 N–H and O–H groups in total. The Morgan fingerprint density at radius 3 is 2.60 bits per heavy atom. The Kier molecular flexibility index (Phi) is 4.78. The van der Waals surface area contributed by atoms with Crippen LogP contribution in [0.4, 0.5) is 0 Å². The molecule has 8 heteroatoms. The number of nitrogens with zero attached hydrogens (tertiary/aromatic N) is 5.